The van der Waals surface area contributed by atoms with E-state index in [1.54, 1.807) is 7.11 Å². The van der Waals surface area contributed by atoms with Crippen LogP contribution in [0, 0.1) is 6.92 Å². The first-order chi connectivity index (χ1) is 13.6. The molecule has 2 heteroatoms. The summed E-state index contributed by atoms with van der Waals surface area (Å²) >= 11 is 0. The normalized spacial score (nSPS) is 18.5. The van der Waals surface area contributed by atoms with Crippen LogP contribution in [-0.4, -0.2) is 7.11 Å². The van der Waals surface area contributed by atoms with E-state index in [0.717, 1.165) is 17.9 Å². The molecule has 3 aromatic carbocycles. The molecule has 1 heterocycles. The minimum absolute atomic E-state index is 0.0556. The van der Waals surface area contributed by atoms with Gasteiger partial charge in [0.25, 0.3) is 0 Å². The molecule has 0 saturated heterocycles. The van der Waals surface area contributed by atoms with Gasteiger partial charge >= 0.3 is 0 Å². The smallest absolute Gasteiger partial charge is 0.127 e. The van der Waals surface area contributed by atoms with Gasteiger partial charge in [0.1, 0.15) is 17.6 Å². The third kappa shape index (κ3) is 3.40. The molecule has 2 atom stereocenters. The molecule has 2 nitrogen and oxygen atoms in total. The van der Waals surface area contributed by atoms with Crippen molar-refractivity contribution in [3.05, 3.63) is 94.5 Å². The van der Waals surface area contributed by atoms with Gasteiger partial charge in [-0.25, -0.2) is 0 Å². The number of methoxy groups -OCH3 is 1. The van der Waals surface area contributed by atoms with Gasteiger partial charge in [0, 0.05) is 11.5 Å². The number of fused-ring (bicyclic) bond motifs is 1. The lowest BCUT2D eigenvalue weighted by molar-refractivity contribution is 0.164. The van der Waals surface area contributed by atoms with Gasteiger partial charge in [-0.05, 0) is 53.6 Å². The van der Waals surface area contributed by atoms with Gasteiger partial charge < -0.3 is 9.47 Å². The Morgan fingerprint density at radius 1 is 0.893 bits per heavy atom. The van der Waals surface area contributed by atoms with E-state index in [-0.39, 0.29) is 6.10 Å². The molecule has 0 saturated carbocycles. The highest BCUT2D eigenvalue weighted by Gasteiger charge is 2.33. The predicted molar refractivity (Wildman–Crippen MR) is 115 cm³/mol. The third-order valence-corrected chi connectivity index (χ3v) is 5.81. The molecule has 3 aromatic rings. The summed E-state index contributed by atoms with van der Waals surface area (Å²) in [4.78, 5) is 0. The molecule has 0 aliphatic carbocycles. The highest BCUT2D eigenvalue weighted by molar-refractivity contribution is 5.54. The molecule has 144 valence electrons. The van der Waals surface area contributed by atoms with Crippen molar-refractivity contribution in [2.75, 3.05) is 7.11 Å². The Hall–Kier alpha value is -2.74. The van der Waals surface area contributed by atoms with Crippen LogP contribution in [0.2, 0.25) is 0 Å². The zero-order valence-electron chi connectivity index (χ0n) is 17.1. The molecule has 0 amide bonds. The van der Waals surface area contributed by atoms with Gasteiger partial charge in [-0.3, -0.25) is 0 Å². The molecule has 4 rings (SSSR count). The first-order valence-corrected chi connectivity index (χ1v) is 10.1. The number of ether oxygens (including phenoxy) is 2. The van der Waals surface area contributed by atoms with Crippen molar-refractivity contribution in [3.8, 4) is 11.5 Å². The maximum Gasteiger partial charge on any atom is 0.127 e. The largest absolute Gasteiger partial charge is 0.497 e. The number of hydrogen-bond donors (Lipinski definition) is 0. The Kier molecular flexibility index (Phi) is 5.13. The molecule has 0 aromatic heterocycles. The van der Waals surface area contributed by atoms with Gasteiger partial charge in [-0.2, -0.15) is 0 Å². The molecular weight excluding hydrogens is 344 g/mol. The Bertz CT molecular complexity index is 942. The lowest BCUT2D eigenvalue weighted by Gasteiger charge is -2.36. The first-order valence-electron chi connectivity index (χ1n) is 10.1. The number of benzene rings is 3. The Labute approximate surface area is 168 Å². The van der Waals surface area contributed by atoms with Gasteiger partial charge in [-0.15, -0.1) is 0 Å². The van der Waals surface area contributed by atoms with Crippen molar-refractivity contribution in [1.29, 1.82) is 0 Å². The minimum Gasteiger partial charge on any atom is -0.497 e. The summed E-state index contributed by atoms with van der Waals surface area (Å²) in [7, 11) is 1.71. The van der Waals surface area contributed by atoms with E-state index >= 15 is 0 Å². The quantitative estimate of drug-likeness (QED) is 0.502. The standard InChI is InChI=1S/C26H28O2/c1-17(2)22-15-10-18(3)25-23(19-11-13-21(27-4)14-12-19)16-24(28-26(22)25)20-8-6-5-7-9-20/h5-15,17,23-24H,16H2,1-4H3/t23-,24+/m1/s1. The molecule has 1 aliphatic rings. The Morgan fingerprint density at radius 2 is 1.61 bits per heavy atom. The fourth-order valence-electron chi connectivity index (χ4n) is 4.27. The monoisotopic (exact) mass is 372 g/mol. The molecule has 1 aliphatic heterocycles. The molecule has 0 unspecified atom stereocenters. The Morgan fingerprint density at radius 3 is 2.25 bits per heavy atom. The average Bonchev–Trinajstić information content (AvgIpc) is 2.73. The second kappa shape index (κ2) is 7.71. The molecule has 0 spiro atoms. The van der Waals surface area contributed by atoms with E-state index in [1.807, 2.05) is 0 Å². The summed E-state index contributed by atoms with van der Waals surface area (Å²) in [5.74, 6) is 2.69. The zero-order chi connectivity index (χ0) is 19.7. The van der Waals surface area contributed by atoms with Crippen molar-refractivity contribution >= 4 is 0 Å². The lowest BCUT2D eigenvalue weighted by atomic mass is 9.79. The van der Waals surface area contributed by atoms with Crippen LogP contribution in [0.3, 0.4) is 0 Å². The van der Waals surface area contributed by atoms with E-state index < -0.39 is 0 Å². The molecule has 0 bridgehead atoms. The number of hydrogen-bond acceptors (Lipinski definition) is 2. The van der Waals surface area contributed by atoms with Gasteiger partial charge in [-0.1, -0.05) is 68.4 Å². The molecule has 0 radical (unpaired) electrons. The zero-order valence-corrected chi connectivity index (χ0v) is 17.1. The second-order valence-corrected chi connectivity index (χ2v) is 7.95. The van der Waals surface area contributed by atoms with Crippen molar-refractivity contribution < 1.29 is 9.47 Å². The van der Waals surface area contributed by atoms with E-state index in [4.69, 9.17) is 9.47 Å². The summed E-state index contributed by atoms with van der Waals surface area (Å²) in [6, 6.07) is 23.6. The van der Waals surface area contributed by atoms with E-state index in [1.165, 1.54) is 27.8 Å². The Balaban J connectivity index is 1.86. The first kappa shape index (κ1) is 18.6. The fraction of sp³-hybridized carbons (Fsp3) is 0.308. The van der Waals surface area contributed by atoms with Crippen LogP contribution in [0.25, 0.3) is 0 Å². The molecule has 28 heavy (non-hydrogen) atoms. The summed E-state index contributed by atoms with van der Waals surface area (Å²) in [6.07, 6.45) is 0.992. The second-order valence-electron chi connectivity index (χ2n) is 7.95. The van der Waals surface area contributed by atoms with Gasteiger partial charge in [0.15, 0.2) is 0 Å². The van der Waals surface area contributed by atoms with Crippen molar-refractivity contribution in [2.45, 2.75) is 45.1 Å². The molecule has 0 N–H and O–H groups in total. The van der Waals surface area contributed by atoms with Crippen LogP contribution in [-0.2, 0) is 0 Å². The van der Waals surface area contributed by atoms with Crippen LogP contribution in [0.5, 0.6) is 11.5 Å². The SMILES string of the molecule is COc1ccc([C@H]2C[C@@H](c3ccccc3)Oc3c(C(C)C)ccc(C)c32)cc1. The van der Waals surface area contributed by atoms with Crippen molar-refractivity contribution in [3.63, 3.8) is 0 Å². The molecule has 0 fully saturated rings. The fourth-order valence-corrected chi connectivity index (χ4v) is 4.27. The van der Waals surface area contributed by atoms with Crippen LogP contribution in [0.1, 0.15) is 66.0 Å². The number of rotatable bonds is 4. The van der Waals surface area contributed by atoms with Crippen LogP contribution < -0.4 is 9.47 Å². The average molecular weight is 373 g/mol. The van der Waals surface area contributed by atoms with Crippen LogP contribution >= 0.6 is 0 Å². The lowest BCUT2D eigenvalue weighted by Crippen LogP contribution is -2.22. The summed E-state index contributed by atoms with van der Waals surface area (Å²) < 4.78 is 12.0. The minimum atomic E-state index is 0.0556. The van der Waals surface area contributed by atoms with Crippen LogP contribution in [0.15, 0.2) is 66.7 Å². The summed E-state index contributed by atoms with van der Waals surface area (Å²) in [5.41, 5.74) is 6.48. The van der Waals surface area contributed by atoms with E-state index in [2.05, 4.69) is 87.5 Å². The van der Waals surface area contributed by atoms with Crippen molar-refractivity contribution in [2.24, 2.45) is 0 Å². The maximum absolute atomic E-state index is 6.66. The van der Waals surface area contributed by atoms with Crippen molar-refractivity contribution in [1.82, 2.24) is 0 Å². The van der Waals surface area contributed by atoms with E-state index in [9.17, 15) is 0 Å². The summed E-state index contributed by atoms with van der Waals surface area (Å²) in [5, 5.41) is 0. The maximum atomic E-state index is 6.66. The van der Waals surface area contributed by atoms with Crippen LogP contribution in [0.4, 0.5) is 0 Å². The predicted octanol–water partition coefficient (Wildman–Crippen LogP) is 6.78. The molecular formula is C26H28O2. The third-order valence-electron chi connectivity index (χ3n) is 5.81. The number of aryl methyl sites for hydroxylation is 1. The van der Waals surface area contributed by atoms with Gasteiger partial charge in [0.2, 0.25) is 0 Å². The van der Waals surface area contributed by atoms with E-state index in [0.29, 0.717) is 11.8 Å². The highest BCUT2D eigenvalue weighted by Crippen LogP contribution is 2.49. The summed E-state index contributed by atoms with van der Waals surface area (Å²) in [6.45, 7) is 6.68. The highest BCUT2D eigenvalue weighted by atomic mass is 16.5. The topological polar surface area (TPSA) is 18.5 Å². The van der Waals surface area contributed by atoms with Gasteiger partial charge in [0.05, 0.1) is 7.11 Å².